The lowest BCUT2D eigenvalue weighted by atomic mass is 10.1. The van der Waals surface area contributed by atoms with E-state index >= 15 is 0 Å². The number of fused-ring (bicyclic) bond motifs is 1. The fourth-order valence-corrected chi connectivity index (χ4v) is 3.60. The molecule has 1 aromatic rings. The fourth-order valence-electron chi connectivity index (χ4n) is 3.25. The van der Waals surface area contributed by atoms with Gasteiger partial charge in [-0.1, -0.05) is 25.4 Å². The summed E-state index contributed by atoms with van der Waals surface area (Å²) in [5, 5.41) is 3.93. The molecular formula is C15H23ClN4O. The van der Waals surface area contributed by atoms with Crippen LogP contribution in [0.15, 0.2) is 6.33 Å². The quantitative estimate of drug-likeness (QED) is 0.866. The second kappa shape index (κ2) is 6.46. The first-order chi connectivity index (χ1) is 10.1. The van der Waals surface area contributed by atoms with E-state index in [4.69, 9.17) is 16.3 Å². The molecule has 2 aliphatic heterocycles. The summed E-state index contributed by atoms with van der Waals surface area (Å²) in [5.41, 5.74) is 0.981. The number of nitrogens with zero attached hydrogens (tertiary/aromatic N) is 3. The largest absolute Gasteiger partial charge is 0.373 e. The van der Waals surface area contributed by atoms with Crippen LogP contribution in [0.4, 0.5) is 5.82 Å². The first-order valence-corrected chi connectivity index (χ1v) is 8.13. The number of hydrogen-bond acceptors (Lipinski definition) is 5. The smallest absolute Gasteiger partial charge is 0.138 e. The summed E-state index contributed by atoms with van der Waals surface area (Å²) in [6.45, 7) is 8.03. The van der Waals surface area contributed by atoms with Crippen molar-refractivity contribution in [2.45, 2.75) is 44.8 Å². The number of anilines is 1. The van der Waals surface area contributed by atoms with Crippen LogP contribution in [0.2, 0.25) is 5.15 Å². The number of halogens is 1. The third-order valence-electron chi connectivity index (χ3n) is 4.37. The van der Waals surface area contributed by atoms with Crippen molar-refractivity contribution in [2.24, 2.45) is 0 Å². The highest BCUT2D eigenvalue weighted by Crippen LogP contribution is 2.28. The Hall–Kier alpha value is -0.910. The molecule has 3 heterocycles. The van der Waals surface area contributed by atoms with Gasteiger partial charge in [0.2, 0.25) is 0 Å². The number of ether oxygens (including phenoxy) is 1. The van der Waals surface area contributed by atoms with E-state index in [1.54, 1.807) is 0 Å². The van der Waals surface area contributed by atoms with Crippen molar-refractivity contribution in [3.63, 3.8) is 0 Å². The van der Waals surface area contributed by atoms with Gasteiger partial charge in [0.1, 0.15) is 17.3 Å². The molecule has 5 nitrogen and oxygen atoms in total. The molecule has 2 aliphatic rings. The third kappa shape index (κ3) is 3.30. The Labute approximate surface area is 131 Å². The minimum atomic E-state index is 0.216. The molecule has 0 saturated carbocycles. The summed E-state index contributed by atoms with van der Waals surface area (Å²) in [4.78, 5) is 11.0. The standard InChI is InChI=1S/C15H23ClN4O/c1-10(2)13-14(16)18-9-19-15(13)17-6-12-7-20-5-3-4-11(20)8-21-12/h9-12H,3-8H2,1-2H3,(H,17,18,19). The van der Waals surface area contributed by atoms with Gasteiger partial charge in [0, 0.05) is 24.7 Å². The summed E-state index contributed by atoms with van der Waals surface area (Å²) in [6, 6.07) is 0.640. The Balaban J connectivity index is 1.61. The Morgan fingerprint density at radius 2 is 2.33 bits per heavy atom. The zero-order valence-corrected chi connectivity index (χ0v) is 13.4. The molecule has 0 bridgehead atoms. The minimum Gasteiger partial charge on any atom is -0.373 e. The molecule has 0 aliphatic carbocycles. The normalized spacial score (nSPS) is 26.1. The van der Waals surface area contributed by atoms with E-state index in [0.29, 0.717) is 11.2 Å². The van der Waals surface area contributed by atoms with Gasteiger partial charge in [0.05, 0.1) is 12.7 Å². The second-order valence-electron chi connectivity index (χ2n) is 6.21. The van der Waals surface area contributed by atoms with Crippen LogP contribution in [0.25, 0.3) is 0 Å². The minimum absolute atomic E-state index is 0.216. The van der Waals surface area contributed by atoms with E-state index in [-0.39, 0.29) is 12.0 Å². The average Bonchev–Trinajstić information content (AvgIpc) is 2.92. The summed E-state index contributed by atoms with van der Waals surface area (Å²) in [6.07, 6.45) is 4.30. The first-order valence-electron chi connectivity index (χ1n) is 7.75. The molecule has 2 atom stereocenters. The van der Waals surface area contributed by atoms with E-state index in [1.165, 1.54) is 25.7 Å². The molecule has 0 radical (unpaired) electrons. The van der Waals surface area contributed by atoms with Gasteiger partial charge in [-0.25, -0.2) is 9.97 Å². The van der Waals surface area contributed by atoms with Crippen molar-refractivity contribution in [1.82, 2.24) is 14.9 Å². The zero-order chi connectivity index (χ0) is 14.8. The Morgan fingerprint density at radius 3 is 3.14 bits per heavy atom. The molecule has 0 spiro atoms. The molecule has 1 N–H and O–H groups in total. The van der Waals surface area contributed by atoms with Gasteiger partial charge in [0.25, 0.3) is 0 Å². The predicted octanol–water partition coefficient (Wildman–Crippen LogP) is 2.53. The summed E-state index contributed by atoms with van der Waals surface area (Å²) in [7, 11) is 0. The van der Waals surface area contributed by atoms with Gasteiger partial charge in [-0.2, -0.15) is 0 Å². The van der Waals surface area contributed by atoms with Gasteiger partial charge in [-0.15, -0.1) is 0 Å². The highest BCUT2D eigenvalue weighted by atomic mass is 35.5. The maximum absolute atomic E-state index is 6.19. The zero-order valence-electron chi connectivity index (χ0n) is 12.7. The third-order valence-corrected chi connectivity index (χ3v) is 4.67. The molecule has 2 fully saturated rings. The van der Waals surface area contributed by atoms with Gasteiger partial charge in [-0.3, -0.25) is 4.90 Å². The van der Waals surface area contributed by atoms with Gasteiger partial charge < -0.3 is 10.1 Å². The predicted molar refractivity (Wildman–Crippen MR) is 84.0 cm³/mol. The Morgan fingerprint density at radius 1 is 1.48 bits per heavy atom. The summed E-state index contributed by atoms with van der Waals surface area (Å²) >= 11 is 6.19. The highest BCUT2D eigenvalue weighted by molar-refractivity contribution is 6.30. The topological polar surface area (TPSA) is 50.3 Å². The van der Waals surface area contributed by atoms with Crippen LogP contribution in [-0.4, -0.2) is 53.3 Å². The van der Waals surface area contributed by atoms with E-state index in [9.17, 15) is 0 Å². The van der Waals surface area contributed by atoms with Crippen LogP contribution >= 0.6 is 11.6 Å². The average molecular weight is 311 g/mol. The summed E-state index contributed by atoms with van der Waals surface area (Å²) in [5.74, 6) is 1.12. The molecule has 116 valence electrons. The van der Waals surface area contributed by atoms with Crippen LogP contribution in [-0.2, 0) is 4.74 Å². The van der Waals surface area contributed by atoms with Crippen molar-refractivity contribution in [1.29, 1.82) is 0 Å². The molecule has 0 amide bonds. The van der Waals surface area contributed by atoms with Crippen LogP contribution < -0.4 is 5.32 Å². The van der Waals surface area contributed by atoms with Crippen molar-refractivity contribution in [3.05, 3.63) is 17.0 Å². The molecule has 1 aromatic heterocycles. The first kappa shape index (κ1) is 15.0. The lowest BCUT2D eigenvalue weighted by molar-refractivity contribution is -0.0416. The van der Waals surface area contributed by atoms with Crippen LogP contribution in [0, 0.1) is 0 Å². The van der Waals surface area contributed by atoms with Crippen molar-refractivity contribution >= 4 is 17.4 Å². The maximum Gasteiger partial charge on any atom is 0.138 e. The number of hydrogen-bond donors (Lipinski definition) is 1. The number of rotatable bonds is 4. The lowest BCUT2D eigenvalue weighted by Crippen LogP contribution is -2.48. The Kier molecular flexibility index (Phi) is 4.62. The van der Waals surface area contributed by atoms with E-state index < -0.39 is 0 Å². The van der Waals surface area contributed by atoms with Gasteiger partial charge >= 0.3 is 0 Å². The number of aromatic nitrogens is 2. The van der Waals surface area contributed by atoms with Gasteiger partial charge in [0.15, 0.2) is 0 Å². The highest BCUT2D eigenvalue weighted by Gasteiger charge is 2.32. The SMILES string of the molecule is CC(C)c1c(Cl)ncnc1NCC1CN2CCCC2CO1. The second-order valence-corrected chi connectivity index (χ2v) is 6.57. The lowest BCUT2D eigenvalue weighted by Gasteiger charge is -2.35. The Bertz CT molecular complexity index is 497. The molecule has 2 unspecified atom stereocenters. The van der Waals surface area contributed by atoms with Crippen LogP contribution in [0.5, 0.6) is 0 Å². The van der Waals surface area contributed by atoms with E-state index in [0.717, 1.165) is 31.1 Å². The molecular weight excluding hydrogens is 288 g/mol. The number of nitrogens with one attached hydrogen (secondary N) is 1. The van der Waals surface area contributed by atoms with Crippen LogP contribution in [0.3, 0.4) is 0 Å². The molecule has 3 rings (SSSR count). The molecule has 21 heavy (non-hydrogen) atoms. The molecule has 6 heteroatoms. The summed E-state index contributed by atoms with van der Waals surface area (Å²) < 4.78 is 5.96. The molecule has 0 aromatic carbocycles. The fraction of sp³-hybridized carbons (Fsp3) is 0.733. The van der Waals surface area contributed by atoms with Crippen molar-refractivity contribution in [3.8, 4) is 0 Å². The van der Waals surface area contributed by atoms with E-state index in [1.807, 2.05) is 0 Å². The van der Waals surface area contributed by atoms with Crippen molar-refractivity contribution < 1.29 is 4.74 Å². The van der Waals surface area contributed by atoms with E-state index in [2.05, 4.69) is 34.0 Å². The van der Waals surface area contributed by atoms with Crippen LogP contribution in [0.1, 0.15) is 38.2 Å². The molecule has 2 saturated heterocycles. The number of morpholine rings is 1. The maximum atomic E-state index is 6.19. The van der Waals surface area contributed by atoms with Crippen molar-refractivity contribution in [2.75, 3.05) is 31.6 Å². The monoisotopic (exact) mass is 310 g/mol. The van der Waals surface area contributed by atoms with Gasteiger partial charge in [-0.05, 0) is 25.3 Å².